The van der Waals surface area contributed by atoms with E-state index in [0.29, 0.717) is 75.5 Å². The van der Waals surface area contributed by atoms with Crippen LogP contribution in [0.3, 0.4) is 0 Å². The van der Waals surface area contributed by atoms with E-state index in [1.54, 1.807) is 0 Å². The second kappa shape index (κ2) is 27.5. The Morgan fingerprint density at radius 2 is 0.983 bits per heavy atom. The molecule has 2 atom stereocenters. The van der Waals surface area contributed by atoms with Gasteiger partial charge in [0.15, 0.2) is 0 Å². The van der Waals surface area contributed by atoms with Crippen LogP contribution in [-0.2, 0) is 47.2 Å². The van der Waals surface area contributed by atoms with Crippen molar-refractivity contribution >= 4 is 75.1 Å². The van der Waals surface area contributed by atoms with Gasteiger partial charge in [-0.2, -0.15) is 0 Å². The molecule has 2 aliphatic heterocycles. The average molecular weight is 1030 g/mol. The van der Waals surface area contributed by atoms with Crippen LogP contribution in [0.2, 0.25) is 8.87 Å². The molecule has 58 heavy (non-hydrogen) atoms. The number of hydrogen-bond donors (Lipinski definition) is 0. The van der Waals surface area contributed by atoms with Gasteiger partial charge in [-0.3, -0.25) is 0 Å². The molecular formula is C44H72O12Sn2. The zero-order valence-electron chi connectivity index (χ0n) is 36.7. The van der Waals surface area contributed by atoms with E-state index < -0.39 is 75.1 Å². The Bertz CT molecular complexity index is 1470. The topological polar surface area (TPSA) is 158 Å². The summed E-state index contributed by atoms with van der Waals surface area (Å²) in [6.45, 7) is 16.7. The molecule has 0 aromatic carbocycles. The zero-order chi connectivity index (χ0) is 43.1. The first-order valence-corrected chi connectivity index (χ1v) is 33.1. The van der Waals surface area contributed by atoms with Crippen molar-refractivity contribution in [2.24, 2.45) is 17.8 Å². The van der Waals surface area contributed by atoms with Gasteiger partial charge in [-0.15, -0.1) is 0 Å². The van der Waals surface area contributed by atoms with Gasteiger partial charge in [0.05, 0.1) is 0 Å². The van der Waals surface area contributed by atoms with Crippen LogP contribution in [0.4, 0.5) is 0 Å². The molecule has 0 aliphatic carbocycles. The molecule has 0 amide bonds. The van der Waals surface area contributed by atoms with Crippen LogP contribution in [0.15, 0.2) is 34.9 Å². The van der Waals surface area contributed by atoms with Gasteiger partial charge in [-0.1, -0.05) is 0 Å². The van der Waals surface area contributed by atoms with Gasteiger partial charge in [-0.05, 0) is 0 Å². The van der Waals surface area contributed by atoms with Gasteiger partial charge < -0.3 is 0 Å². The predicted octanol–water partition coefficient (Wildman–Crippen LogP) is 10.3. The molecule has 0 radical (unpaired) electrons. The molecular weight excluding hydrogens is 958 g/mol. The quantitative estimate of drug-likeness (QED) is 0.0416. The Labute approximate surface area is 359 Å². The van der Waals surface area contributed by atoms with Gasteiger partial charge >= 0.3 is 361 Å². The first-order valence-electron chi connectivity index (χ1n) is 22.0. The first-order chi connectivity index (χ1) is 27.5. The summed E-state index contributed by atoms with van der Waals surface area (Å²) in [5.74, 6) is -3.33. The van der Waals surface area contributed by atoms with Crippen molar-refractivity contribution in [3.05, 3.63) is 34.9 Å². The molecule has 0 bridgehead atoms. The summed E-state index contributed by atoms with van der Waals surface area (Å²) in [5.41, 5.74) is 0.301. The maximum atomic E-state index is 14.1. The summed E-state index contributed by atoms with van der Waals surface area (Å²) >= 11 is -10.5. The number of unbranched alkanes of at least 4 members (excludes halogenated alkanes) is 8. The van der Waals surface area contributed by atoms with Gasteiger partial charge in [0.25, 0.3) is 0 Å². The van der Waals surface area contributed by atoms with E-state index in [2.05, 4.69) is 41.5 Å². The third-order valence-corrected chi connectivity index (χ3v) is 24.2. The van der Waals surface area contributed by atoms with Crippen molar-refractivity contribution in [3.8, 4) is 0 Å². The molecule has 0 saturated heterocycles. The van der Waals surface area contributed by atoms with E-state index in [1.165, 1.54) is 0 Å². The molecule has 2 rings (SSSR count). The molecule has 0 aromatic rings. The molecule has 12 nitrogen and oxygen atoms in total. The molecule has 0 fully saturated rings. The average Bonchev–Trinajstić information content (AvgIpc) is 3.33. The number of carbonyl (C=O) groups is 6. The van der Waals surface area contributed by atoms with Crippen molar-refractivity contribution in [3.63, 3.8) is 0 Å². The second-order valence-electron chi connectivity index (χ2n) is 17.0. The van der Waals surface area contributed by atoms with Crippen LogP contribution < -0.4 is 0 Å². The fourth-order valence-corrected chi connectivity index (χ4v) is 20.3. The standard InChI is InChI=1S/3C12H20O4.2C4H9.2Sn/c3*1-9(2)6-4-3-5-7-10(12(15)16)8-11(13)14;2*1-3-4-2;;/h3*8-9H,3-7H2,1-2H3,(H,13,14)(H,15,16);2*1,3-4H2,2H3;;/q;;;;;2*+3/p-6/b10-8-;;;;;;. The Morgan fingerprint density at radius 1 is 0.569 bits per heavy atom. The van der Waals surface area contributed by atoms with Crippen LogP contribution in [-0.4, -0.2) is 75.1 Å². The van der Waals surface area contributed by atoms with Crippen LogP contribution in [0.25, 0.3) is 0 Å². The molecule has 2 unspecified atom stereocenters. The van der Waals surface area contributed by atoms with Gasteiger partial charge in [0, 0.05) is 0 Å². The van der Waals surface area contributed by atoms with E-state index in [1.807, 2.05) is 13.8 Å². The normalized spacial score (nSPS) is 20.2. The van der Waals surface area contributed by atoms with E-state index in [4.69, 9.17) is 18.4 Å². The predicted molar refractivity (Wildman–Crippen MR) is 226 cm³/mol. The summed E-state index contributed by atoms with van der Waals surface area (Å²) in [6.07, 6.45) is 16.8. The fraction of sp³-hybridized carbons (Fsp3) is 0.727. The van der Waals surface area contributed by atoms with E-state index in [9.17, 15) is 28.8 Å². The van der Waals surface area contributed by atoms with Crippen molar-refractivity contribution in [1.29, 1.82) is 0 Å². The molecule has 0 N–H and O–H groups in total. The third-order valence-electron chi connectivity index (χ3n) is 10.0. The minimum absolute atomic E-state index is 0.0692. The number of rotatable bonds is 28. The van der Waals surface area contributed by atoms with E-state index in [0.717, 1.165) is 76.0 Å². The van der Waals surface area contributed by atoms with Crippen molar-refractivity contribution < 1.29 is 47.2 Å². The molecule has 0 saturated carbocycles. The third kappa shape index (κ3) is 20.3. The van der Waals surface area contributed by atoms with Crippen molar-refractivity contribution in [1.82, 2.24) is 0 Å². The van der Waals surface area contributed by atoms with Gasteiger partial charge in [0.1, 0.15) is 0 Å². The number of hydrogen-bond acceptors (Lipinski definition) is 12. The molecule has 328 valence electrons. The maximum absolute atomic E-state index is 14.1. The van der Waals surface area contributed by atoms with Crippen LogP contribution in [0, 0.1) is 17.8 Å². The summed E-state index contributed by atoms with van der Waals surface area (Å²) in [4.78, 5) is 81.0. The van der Waals surface area contributed by atoms with Crippen LogP contribution in [0.5, 0.6) is 0 Å². The Kier molecular flexibility index (Phi) is 24.5. The minimum atomic E-state index is -5.28. The summed E-state index contributed by atoms with van der Waals surface area (Å²) in [6, 6.07) is 0. The van der Waals surface area contributed by atoms with Crippen LogP contribution >= 0.6 is 0 Å². The summed E-state index contributed by atoms with van der Waals surface area (Å²) < 4.78 is 35.4. The van der Waals surface area contributed by atoms with Gasteiger partial charge in [-0.25, -0.2) is 0 Å². The fourth-order valence-electron chi connectivity index (χ4n) is 6.65. The zero-order valence-corrected chi connectivity index (χ0v) is 42.4. The first kappa shape index (κ1) is 51.8. The summed E-state index contributed by atoms with van der Waals surface area (Å²) in [7, 11) is 0. The molecule has 14 heteroatoms. The van der Waals surface area contributed by atoms with E-state index >= 15 is 0 Å². The molecule has 2 aliphatic rings. The van der Waals surface area contributed by atoms with Crippen LogP contribution in [0.1, 0.15) is 177 Å². The van der Waals surface area contributed by atoms with Crippen molar-refractivity contribution in [2.45, 2.75) is 186 Å². The van der Waals surface area contributed by atoms with Crippen molar-refractivity contribution in [2.75, 3.05) is 0 Å². The Balaban J connectivity index is 2.36. The van der Waals surface area contributed by atoms with Gasteiger partial charge in [0.2, 0.25) is 0 Å². The SMILES string of the molecule is CCC[CH2][Sn]1([O]C(=O)/C=C(/CCCCCC(C)C)C(=O)[O][Sn]2([CH2]CCC)[O]C(=O)C=C(CCCCCC(C)C)C(=O)[O]2)[O]C(=O)C=C(CCCCCC(C)C)C(=O)[O]1. The molecule has 0 spiro atoms. The second-order valence-corrected chi connectivity index (χ2v) is 31.1. The van der Waals surface area contributed by atoms with E-state index in [-0.39, 0.29) is 32.0 Å². The Hall–Kier alpha value is -2.36. The number of carbonyl (C=O) groups excluding carboxylic acids is 6. The molecule has 0 aromatic heterocycles. The molecule has 2 heterocycles. The summed E-state index contributed by atoms with van der Waals surface area (Å²) in [5, 5.41) is 0. The Morgan fingerprint density at radius 3 is 1.40 bits per heavy atom. The monoisotopic (exact) mass is 1030 g/mol.